The SMILES string of the molecule is [CH3][Pb]([CH3])([CH3])[CH2]c1ccc(F)cc1. The van der Waals surface area contributed by atoms with Crippen LogP contribution in [0, 0.1) is 5.82 Å². The number of halogens is 1. The second-order valence-electron chi connectivity index (χ2n) is 4.36. The van der Waals surface area contributed by atoms with E-state index in [1.165, 1.54) is 9.54 Å². The van der Waals surface area contributed by atoms with Crippen molar-refractivity contribution in [3.63, 3.8) is 0 Å². The molecule has 0 amide bonds. The molecule has 0 fully saturated rings. The zero-order valence-electron chi connectivity index (χ0n) is 7.89. The molecule has 0 nitrogen and oxygen atoms in total. The van der Waals surface area contributed by atoms with E-state index in [9.17, 15) is 4.39 Å². The number of hydrogen-bond donors (Lipinski definition) is 0. The summed E-state index contributed by atoms with van der Waals surface area (Å²) in [6.07, 6.45) is 0. The molecular formula is C10H15FPb. The van der Waals surface area contributed by atoms with E-state index in [4.69, 9.17) is 0 Å². The summed E-state index contributed by atoms with van der Waals surface area (Å²) in [6, 6.07) is 6.91. The quantitative estimate of drug-likeness (QED) is 0.710. The van der Waals surface area contributed by atoms with Gasteiger partial charge >= 0.3 is 78.6 Å². The van der Waals surface area contributed by atoms with Gasteiger partial charge in [0.1, 0.15) is 0 Å². The Bertz CT molecular complexity index is 246. The molecule has 0 aromatic heterocycles. The second kappa shape index (κ2) is 3.85. The first kappa shape index (κ1) is 10.2. The third-order valence-electron chi connectivity index (χ3n) is 1.65. The van der Waals surface area contributed by atoms with Crippen LogP contribution in [-0.4, -0.2) is 21.2 Å². The molecule has 0 aliphatic carbocycles. The van der Waals surface area contributed by atoms with Crippen molar-refractivity contribution < 1.29 is 4.39 Å². The first-order valence-corrected chi connectivity index (χ1v) is 18.6. The second-order valence-corrected chi connectivity index (χ2v) is 25.6. The van der Waals surface area contributed by atoms with Crippen molar-refractivity contribution in [3.8, 4) is 0 Å². The monoisotopic (exact) mass is 362 g/mol. The molecule has 2 heteroatoms. The van der Waals surface area contributed by atoms with Crippen LogP contribution in [0.3, 0.4) is 0 Å². The number of hydrogen-bond acceptors (Lipinski definition) is 0. The molecule has 0 saturated carbocycles. The van der Waals surface area contributed by atoms with E-state index in [0.717, 1.165) is 0 Å². The Hall–Kier alpha value is 0.0721. The normalized spacial score (nSPS) is 11.7. The van der Waals surface area contributed by atoms with Crippen LogP contribution in [0.1, 0.15) is 5.56 Å². The molecule has 0 radical (unpaired) electrons. The summed E-state index contributed by atoms with van der Waals surface area (Å²) in [7, 11) is 0. The Morgan fingerprint density at radius 3 is 2.00 bits per heavy atom. The molecule has 0 heterocycles. The maximum absolute atomic E-state index is 12.5. The number of benzene rings is 1. The van der Waals surface area contributed by atoms with Gasteiger partial charge in [0, 0.05) is 0 Å². The molecule has 0 saturated heterocycles. The summed E-state index contributed by atoms with van der Waals surface area (Å²) in [6.45, 7) is 0. The van der Waals surface area contributed by atoms with E-state index >= 15 is 0 Å². The van der Waals surface area contributed by atoms with Crippen LogP contribution in [0.25, 0.3) is 0 Å². The molecule has 1 aromatic rings. The van der Waals surface area contributed by atoms with Gasteiger partial charge in [-0.05, 0) is 0 Å². The predicted molar refractivity (Wildman–Crippen MR) is 53.5 cm³/mol. The Balaban J connectivity index is 2.71. The van der Waals surface area contributed by atoms with Gasteiger partial charge < -0.3 is 0 Å². The van der Waals surface area contributed by atoms with Crippen molar-refractivity contribution in [1.82, 2.24) is 0 Å². The first-order chi connectivity index (χ1) is 5.47. The van der Waals surface area contributed by atoms with Crippen molar-refractivity contribution >= 4 is 21.2 Å². The van der Waals surface area contributed by atoms with Gasteiger partial charge in [-0.15, -0.1) is 0 Å². The molecule has 0 N–H and O–H groups in total. The summed E-state index contributed by atoms with van der Waals surface area (Å²) in [4.78, 5) is 0. The molecule has 1 aromatic carbocycles. The summed E-state index contributed by atoms with van der Waals surface area (Å²) in [5.74, 6) is -0.135. The van der Waals surface area contributed by atoms with E-state index < -0.39 is 21.2 Å². The molecule has 0 aliphatic heterocycles. The fourth-order valence-corrected chi connectivity index (χ4v) is 6.89. The van der Waals surface area contributed by atoms with Crippen LogP contribution >= 0.6 is 0 Å². The summed E-state index contributed by atoms with van der Waals surface area (Å²) >= 11 is -1.83. The van der Waals surface area contributed by atoms with Gasteiger partial charge in [-0.2, -0.15) is 0 Å². The third-order valence-corrected chi connectivity index (χ3v) is 7.36. The average Bonchev–Trinajstić information content (AvgIpc) is 1.91. The standard InChI is InChI=1S/C7H6F.3CH3.Pb/c1-6-2-4-7(8)5-3-6;;;;/h2-5H,1H2;3*1H3;. The number of rotatable bonds is 2. The Morgan fingerprint density at radius 2 is 1.58 bits per heavy atom. The Labute approximate surface area is 78.5 Å². The molecular weight excluding hydrogens is 346 g/mol. The molecule has 0 bridgehead atoms. The average molecular weight is 361 g/mol. The van der Waals surface area contributed by atoms with E-state index in [2.05, 4.69) is 13.4 Å². The fourth-order valence-electron chi connectivity index (χ4n) is 1.21. The van der Waals surface area contributed by atoms with Gasteiger partial charge in [0.2, 0.25) is 0 Å². The predicted octanol–water partition coefficient (Wildman–Crippen LogP) is 3.25. The van der Waals surface area contributed by atoms with Gasteiger partial charge in [-0.1, -0.05) is 0 Å². The van der Waals surface area contributed by atoms with E-state index in [-0.39, 0.29) is 5.82 Å². The maximum atomic E-state index is 12.5. The van der Waals surface area contributed by atoms with Gasteiger partial charge in [0.15, 0.2) is 0 Å². The summed E-state index contributed by atoms with van der Waals surface area (Å²) in [5.41, 5.74) is 1.30. The van der Waals surface area contributed by atoms with Gasteiger partial charge in [-0.25, -0.2) is 0 Å². The fraction of sp³-hybridized carbons (Fsp3) is 0.400. The van der Waals surface area contributed by atoms with Crippen molar-refractivity contribution in [1.29, 1.82) is 0 Å². The third kappa shape index (κ3) is 3.65. The van der Waals surface area contributed by atoms with Crippen LogP contribution in [0.2, 0.25) is 13.4 Å². The summed E-state index contributed by atoms with van der Waals surface area (Å²) < 4.78 is 21.0. The van der Waals surface area contributed by atoms with Crippen LogP contribution < -0.4 is 0 Å². The molecule has 0 aliphatic rings. The van der Waals surface area contributed by atoms with Crippen LogP contribution in [0.4, 0.5) is 4.39 Å². The zero-order valence-corrected chi connectivity index (χ0v) is 11.8. The van der Waals surface area contributed by atoms with Gasteiger partial charge in [0.25, 0.3) is 0 Å². The van der Waals surface area contributed by atoms with Crippen molar-refractivity contribution in [3.05, 3.63) is 35.6 Å². The zero-order chi connectivity index (χ0) is 9.19. The molecule has 0 spiro atoms. The van der Waals surface area contributed by atoms with E-state index in [1.807, 2.05) is 12.1 Å². The minimum atomic E-state index is -1.83. The van der Waals surface area contributed by atoms with E-state index in [0.29, 0.717) is 0 Å². The molecule has 1 rings (SSSR count). The minimum absolute atomic E-state index is 0.135. The van der Waals surface area contributed by atoms with Crippen LogP contribution in [0.15, 0.2) is 24.3 Å². The summed E-state index contributed by atoms with van der Waals surface area (Å²) in [5, 5.41) is 0. The van der Waals surface area contributed by atoms with Crippen molar-refractivity contribution in [2.75, 3.05) is 0 Å². The van der Waals surface area contributed by atoms with Crippen molar-refractivity contribution in [2.45, 2.75) is 17.4 Å². The first-order valence-electron chi connectivity index (χ1n) is 4.22. The molecule has 0 unspecified atom stereocenters. The van der Waals surface area contributed by atoms with Crippen molar-refractivity contribution in [2.24, 2.45) is 0 Å². The molecule has 12 heavy (non-hydrogen) atoms. The Morgan fingerprint density at radius 1 is 1.08 bits per heavy atom. The molecule has 0 atom stereocenters. The topological polar surface area (TPSA) is 0 Å². The van der Waals surface area contributed by atoms with Gasteiger partial charge in [0.05, 0.1) is 0 Å². The van der Waals surface area contributed by atoms with Crippen LogP contribution in [0.5, 0.6) is 0 Å². The van der Waals surface area contributed by atoms with E-state index in [1.54, 1.807) is 12.1 Å². The van der Waals surface area contributed by atoms with Crippen LogP contribution in [-0.2, 0) is 3.98 Å². The molecule has 66 valence electrons. The van der Waals surface area contributed by atoms with Gasteiger partial charge in [-0.3, -0.25) is 0 Å². The Kier molecular flexibility index (Phi) is 3.26.